The van der Waals surface area contributed by atoms with Gasteiger partial charge in [0.2, 0.25) is 0 Å². The van der Waals surface area contributed by atoms with E-state index in [1.165, 1.54) is 0 Å². The van der Waals surface area contributed by atoms with Gasteiger partial charge in [0.1, 0.15) is 5.82 Å². The van der Waals surface area contributed by atoms with Crippen LogP contribution < -0.4 is 5.73 Å². The first-order chi connectivity index (χ1) is 6.58. The van der Waals surface area contributed by atoms with E-state index >= 15 is 0 Å². The van der Waals surface area contributed by atoms with Gasteiger partial charge in [-0.2, -0.15) is 0 Å². The Morgan fingerprint density at radius 2 is 2.29 bits per heavy atom. The Labute approximate surface area is 94.8 Å². The van der Waals surface area contributed by atoms with Crippen molar-refractivity contribution in [2.45, 2.75) is 13.0 Å². The number of aromatic amines is 1. The minimum Gasteiger partial charge on any atom is -0.341 e. The molecule has 0 saturated heterocycles. The average molecular weight is 275 g/mol. The van der Waals surface area contributed by atoms with E-state index in [4.69, 9.17) is 17.3 Å². The van der Waals surface area contributed by atoms with Gasteiger partial charge in [-0.15, -0.1) is 0 Å². The van der Waals surface area contributed by atoms with Crippen molar-refractivity contribution in [2.24, 2.45) is 5.73 Å². The maximum Gasteiger partial charge on any atom is 0.123 e. The van der Waals surface area contributed by atoms with Crippen molar-refractivity contribution < 1.29 is 0 Å². The van der Waals surface area contributed by atoms with Crippen molar-refractivity contribution in [3.63, 3.8) is 0 Å². The van der Waals surface area contributed by atoms with Crippen LogP contribution in [-0.2, 0) is 0 Å². The second-order valence-corrected chi connectivity index (χ2v) is 4.46. The molecule has 0 saturated carbocycles. The van der Waals surface area contributed by atoms with E-state index in [2.05, 4.69) is 25.9 Å². The van der Waals surface area contributed by atoms with E-state index < -0.39 is 0 Å². The number of benzene rings is 1. The number of imidazole rings is 1. The van der Waals surface area contributed by atoms with Gasteiger partial charge in [-0.1, -0.05) is 11.6 Å². The summed E-state index contributed by atoms with van der Waals surface area (Å²) >= 11 is 9.30. The van der Waals surface area contributed by atoms with Crippen LogP contribution in [0.15, 0.2) is 16.6 Å². The van der Waals surface area contributed by atoms with Crippen LogP contribution in [0.5, 0.6) is 0 Å². The number of aromatic nitrogens is 2. The summed E-state index contributed by atoms with van der Waals surface area (Å²) in [5.74, 6) is 0.772. The van der Waals surface area contributed by atoms with E-state index in [0.29, 0.717) is 5.02 Å². The molecule has 0 aliphatic heterocycles. The Balaban J connectivity index is 2.66. The normalized spacial score (nSPS) is 13.4. The number of rotatable bonds is 1. The summed E-state index contributed by atoms with van der Waals surface area (Å²) in [6.07, 6.45) is 0. The SMILES string of the molecule is C[C@H](N)c1nc2cc(Br)c(Cl)cc2[nH]1. The van der Waals surface area contributed by atoms with Crippen LogP contribution in [0, 0.1) is 0 Å². The maximum atomic E-state index is 5.95. The molecule has 1 aromatic carbocycles. The number of halogens is 2. The predicted molar refractivity (Wildman–Crippen MR) is 61.4 cm³/mol. The van der Waals surface area contributed by atoms with Crippen molar-refractivity contribution in [1.82, 2.24) is 9.97 Å². The zero-order chi connectivity index (χ0) is 10.3. The first kappa shape index (κ1) is 9.96. The second kappa shape index (κ2) is 3.53. The molecule has 3 N–H and O–H groups in total. The molecule has 3 nitrogen and oxygen atoms in total. The summed E-state index contributed by atoms with van der Waals surface area (Å²) in [6, 6.07) is 3.61. The predicted octanol–water partition coefficient (Wildman–Crippen LogP) is 3.00. The second-order valence-electron chi connectivity index (χ2n) is 3.19. The van der Waals surface area contributed by atoms with Gasteiger partial charge in [-0.25, -0.2) is 4.98 Å². The van der Waals surface area contributed by atoms with E-state index in [1.54, 1.807) is 0 Å². The molecule has 0 spiro atoms. The highest BCUT2D eigenvalue weighted by Gasteiger charge is 2.08. The summed E-state index contributed by atoms with van der Waals surface area (Å²) in [7, 11) is 0. The Morgan fingerprint density at radius 3 is 2.93 bits per heavy atom. The van der Waals surface area contributed by atoms with Crippen molar-refractivity contribution in [2.75, 3.05) is 0 Å². The molecule has 0 fully saturated rings. The zero-order valence-electron chi connectivity index (χ0n) is 7.51. The van der Waals surface area contributed by atoms with Crippen LogP contribution in [0.1, 0.15) is 18.8 Å². The van der Waals surface area contributed by atoms with Crippen LogP contribution in [0.2, 0.25) is 5.02 Å². The van der Waals surface area contributed by atoms with Gasteiger partial charge in [0.05, 0.1) is 22.1 Å². The minimum absolute atomic E-state index is 0.0973. The lowest BCUT2D eigenvalue weighted by Gasteiger charge is -1.96. The first-order valence-corrected chi connectivity index (χ1v) is 5.35. The van der Waals surface area contributed by atoms with Crippen LogP contribution in [0.3, 0.4) is 0 Å². The molecule has 0 aliphatic rings. The van der Waals surface area contributed by atoms with Gasteiger partial charge in [0, 0.05) is 4.47 Å². The molecule has 0 aliphatic carbocycles. The largest absolute Gasteiger partial charge is 0.341 e. The number of nitrogens with zero attached hydrogens (tertiary/aromatic N) is 1. The van der Waals surface area contributed by atoms with Crippen LogP contribution in [0.4, 0.5) is 0 Å². The van der Waals surface area contributed by atoms with Gasteiger partial charge < -0.3 is 10.7 Å². The third-order valence-corrected chi connectivity index (χ3v) is 3.17. The van der Waals surface area contributed by atoms with E-state index in [0.717, 1.165) is 21.3 Å². The number of nitrogens with two attached hydrogens (primary N) is 1. The minimum atomic E-state index is -0.0973. The third-order valence-electron chi connectivity index (χ3n) is 1.97. The molecular formula is C9H9BrClN3. The molecular weight excluding hydrogens is 265 g/mol. The molecule has 14 heavy (non-hydrogen) atoms. The number of fused-ring (bicyclic) bond motifs is 1. The van der Waals surface area contributed by atoms with Crippen molar-refractivity contribution in [3.8, 4) is 0 Å². The summed E-state index contributed by atoms with van der Waals surface area (Å²) in [5, 5.41) is 0.664. The van der Waals surface area contributed by atoms with Gasteiger partial charge >= 0.3 is 0 Å². The molecule has 0 radical (unpaired) electrons. The molecule has 5 heteroatoms. The quantitative estimate of drug-likeness (QED) is 0.840. The lowest BCUT2D eigenvalue weighted by atomic mass is 10.3. The average Bonchev–Trinajstić information content (AvgIpc) is 2.48. The Morgan fingerprint density at radius 1 is 1.57 bits per heavy atom. The smallest absolute Gasteiger partial charge is 0.123 e. The molecule has 1 aromatic heterocycles. The molecule has 1 atom stereocenters. The first-order valence-electron chi connectivity index (χ1n) is 4.18. The Hall–Kier alpha value is -0.580. The molecule has 2 aromatic rings. The summed E-state index contributed by atoms with van der Waals surface area (Å²) in [6.45, 7) is 1.88. The number of nitrogens with one attached hydrogen (secondary N) is 1. The van der Waals surface area contributed by atoms with Gasteiger partial charge in [-0.05, 0) is 35.0 Å². The number of H-pyrrole nitrogens is 1. The van der Waals surface area contributed by atoms with Crippen molar-refractivity contribution >= 4 is 38.6 Å². The standard InChI is InChI=1S/C9H9BrClN3/c1-4(12)9-13-7-2-5(10)6(11)3-8(7)14-9/h2-4H,12H2,1H3,(H,13,14)/t4-/m0/s1. The van der Waals surface area contributed by atoms with E-state index in [-0.39, 0.29) is 6.04 Å². The Bertz CT molecular complexity index is 439. The summed E-state index contributed by atoms with van der Waals surface area (Å²) < 4.78 is 0.842. The van der Waals surface area contributed by atoms with E-state index in [1.807, 2.05) is 19.1 Å². The fraction of sp³-hybridized carbons (Fsp3) is 0.222. The summed E-state index contributed by atoms with van der Waals surface area (Å²) in [4.78, 5) is 7.47. The summed E-state index contributed by atoms with van der Waals surface area (Å²) in [5.41, 5.74) is 7.49. The third kappa shape index (κ3) is 1.65. The number of hydrogen-bond acceptors (Lipinski definition) is 2. The highest BCUT2D eigenvalue weighted by Crippen LogP contribution is 2.27. The molecule has 0 amide bonds. The molecule has 0 unspecified atom stereocenters. The molecule has 2 rings (SSSR count). The highest BCUT2D eigenvalue weighted by atomic mass is 79.9. The fourth-order valence-corrected chi connectivity index (χ4v) is 1.74. The highest BCUT2D eigenvalue weighted by molar-refractivity contribution is 9.10. The van der Waals surface area contributed by atoms with Gasteiger partial charge in [0.15, 0.2) is 0 Å². The molecule has 1 heterocycles. The maximum absolute atomic E-state index is 5.95. The van der Waals surface area contributed by atoms with Gasteiger partial charge in [-0.3, -0.25) is 0 Å². The van der Waals surface area contributed by atoms with Gasteiger partial charge in [0.25, 0.3) is 0 Å². The van der Waals surface area contributed by atoms with Crippen LogP contribution in [-0.4, -0.2) is 9.97 Å². The Kier molecular flexibility index (Phi) is 2.51. The molecule has 0 bridgehead atoms. The molecule has 74 valence electrons. The fourth-order valence-electron chi connectivity index (χ4n) is 1.24. The zero-order valence-corrected chi connectivity index (χ0v) is 9.85. The van der Waals surface area contributed by atoms with Crippen LogP contribution in [0.25, 0.3) is 11.0 Å². The van der Waals surface area contributed by atoms with Crippen molar-refractivity contribution in [3.05, 3.63) is 27.5 Å². The topological polar surface area (TPSA) is 54.7 Å². The van der Waals surface area contributed by atoms with E-state index in [9.17, 15) is 0 Å². The van der Waals surface area contributed by atoms with Crippen molar-refractivity contribution in [1.29, 1.82) is 0 Å². The van der Waals surface area contributed by atoms with Crippen LogP contribution >= 0.6 is 27.5 Å². The lowest BCUT2D eigenvalue weighted by Crippen LogP contribution is -2.06. The lowest BCUT2D eigenvalue weighted by molar-refractivity contribution is 0.760. The monoisotopic (exact) mass is 273 g/mol. The number of hydrogen-bond donors (Lipinski definition) is 2.